The summed E-state index contributed by atoms with van der Waals surface area (Å²) in [5.41, 5.74) is 2.54. The fourth-order valence-corrected chi connectivity index (χ4v) is 1.82. The molecule has 0 bridgehead atoms. The summed E-state index contributed by atoms with van der Waals surface area (Å²) in [5, 5.41) is 8.50. The Hall–Kier alpha value is -1.40. The second-order valence-corrected chi connectivity index (χ2v) is 3.54. The molecule has 1 aromatic rings. The number of fused-ring (bicyclic) bond motifs is 1. The third-order valence-corrected chi connectivity index (χ3v) is 2.58. The molecule has 2 heterocycles. The summed E-state index contributed by atoms with van der Waals surface area (Å²) < 4.78 is 0. The lowest BCUT2D eigenvalue weighted by molar-refractivity contribution is 0.258. The highest BCUT2D eigenvalue weighted by atomic mass is 15.1. The van der Waals surface area contributed by atoms with Crippen molar-refractivity contribution in [3.05, 3.63) is 29.6 Å². The van der Waals surface area contributed by atoms with Crippen LogP contribution in [0.5, 0.6) is 0 Å². The van der Waals surface area contributed by atoms with E-state index in [2.05, 4.69) is 22.0 Å². The smallest absolute Gasteiger partial charge is 0.0635 e. The van der Waals surface area contributed by atoms with Gasteiger partial charge in [0.15, 0.2) is 0 Å². The van der Waals surface area contributed by atoms with E-state index in [0.29, 0.717) is 6.42 Å². The summed E-state index contributed by atoms with van der Waals surface area (Å²) in [5.74, 6) is 0. The molecule has 1 aromatic heterocycles. The lowest BCUT2D eigenvalue weighted by atomic mass is 10.1. The molecule has 0 saturated heterocycles. The molecular formula is C11H13N3. The number of nitrogens with zero attached hydrogens (tertiary/aromatic N) is 3. The topological polar surface area (TPSA) is 39.9 Å². The van der Waals surface area contributed by atoms with Crippen molar-refractivity contribution in [1.82, 2.24) is 9.88 Å². The van der Waals surface area contributed by atoms with Crippen LogP contribution in [-0.2, 0) is 13.0 Å². The summed E-state index contributed by atoms with van der Waals surface area (Å²) in [7, 11) is 0. The fraction of sp³-hybridized carbons (Fsp3) is 0.455. The first-order chi connectivity index (χ1) is 6.90. The van der Waals surface area contributed by atoms with Crippen LogP contribution in [0.2, 0.25) is 0 Å². The Morgan fingerprint density at radius 3 is 3.36 bits per heavy atom. The van der Waals surface area contributed by atoms with Gasteiger partial charge in [-0.3, -0.25) is 9.88 Å². The van der Waals surface area contributed by atoms with E-state index in [0.717, 1.165) is 26.1 Å². The molecule has 0 aliphatic carbocycles. The van der Waals surface area contributed by atoms with Crippen LogP contribution in [0.4, 0.5) is 0 Å². The number of pyridine rings is 1. The Labute approximate surface area is 84.0 Å². The van der Waals surface area contributed by atoms with Crippen molar-refractivity contribution in [1.29, 1.82) is 5.26 Å². The Morgan fingerprint density at radius 2 is 2.50 bits per heavy atom. The van der Waals surface area contributed by atoms with Gasteiger partial charge < -0.3 is 0 Å². The molecule has 0 spiro atoms. The van der Waals surface area contributed by atoms with Gasteiger partial charge in [0, 0.05) is 44.4 Å². The quantitative estimate of drug-likeness (QED) is 0.701. The Balaban J connectivity index is 2.03. The Bertz CT molecular complexity index is 354. The molecule has 0 unspecified atom stereocenters. The second-order valence-electron chi connectivity index (χ2n) is 3.54. The molecule has 0 atom stereocenters. The fourth-order valence-electron chi connectivity index (χ4n) is 1.82. The van der Waals surface area contributed by atoms with E-state index in [1.165, 1.54) is 11.3 Å². The van der Waals surface area contributed by atoms with Crippen molar-refractivity contribution in [2.24, 2.45) is 0 Å². The first-order valence-electron chi connectivity index (χ1n) is 4.92. The highest BCUT2D eigenvalue weighted by Gasteiger charge is 2.15. The molecule has 2 rings (SSSR count). The minimum Gasteiger partial charge on any atom is -0.298 e. The highest BCUT2D eigenvalue weighted by molar-refractivity contribution is 5.22. The zero-order chi connectivity index (χ0) is 9.80. The standard InChI is InChI=1S/C11H13N3/c12-5-2-7-14-8-4-11-10(9-14)3-1-6-13-11/h1,3,6H,2,4,7-9H2. The first kappa shape index (κ1) is 9.17. The molecule has 0 fully saturated rings. The van der Waals surface area contributed by atoms with Gasteiger partial charge in [-0.1, -0.05) is 6.07 Å². The number of hydrogen-bond acceptors (Lipinski definition) is 3. The molecule has 1 aliphatic rings. The molecule has 0 amide bonds. The van der Waals surface area contributed by atoms with Gasteiger partial charge in [-0.2, -0.15) is 5.26 Å². The van der Waals surface area contributed by atoms with Crippen molar-refractivity contribution in [2.45, 2.75) is 19.4 Å². The van der Waals surface area contributed by atoms with Crippen molar-refractivity contribution in [3.63, 3.8) is 0 Å². The van der Waals surface area contributed by atoms with Crippen LogP contribution in [0, 0.1) is 11.3 Å². The van der Waals surface area contributed by atoms with Crippen molar-refractivity contribution < 1.29 is 0 Å². The molecule has 72 valence electrons. The number of hydrogen-bond donors (Lipinski definition) is 0. The van der Waals surface area contributed by atoms with E-state index < -0.39 is 0 Å². The largest absolute Gasteiger partial charge is 0.298 e. The summed E-state index contributed by atoms with van der Waals surface area (Å²) in [6.45, 7) is 2.86. The molecule has 0 radical (unpaired) electrons. The third-order valence-electron chi connectivity index (χ3n) is 2.58. The van der Waals surface area contributed by atoms with Gasteiger partial charge in [-0.25, -0.2) is 0 Å². The molecule has 1 aliphatic heterocycles. The van der Waals surface area contributed by atoms with Crippen LogP contribution in [0.25, 0.3) is 0 Å². The van der Waals surface area contributed by atoms with Gasteiger partial charge in [0.2, 0.25) is 0 Å². The van der Waals surface area contributed by atoms with E-state index in [1.807, 2.05) is 12.3 Å². The number of rotatable bonds is 2. The van der Waals surface area contributed by atoms with Crippen molar-refractivity contribution >= 4 is 0 Å². The van der Waals surface area contributed by atoms with Crippen LogP contribution >= 0.6 is 0 Å². The average molecular weight is 187 g/mol. The van der Waals surface area contributed by atoms with E-state index in [4.69, 9.17) is 5.26 Å². The lowest BCUT2D eigenvalue weighted by Gasteiger charge is -2.26. The molecular weight excluding hydrogens is 174 g/mol. The zero-order valence-corrected chi connectivity index (χ0v) is 8.11. The molecule has 14 heavy (non-hydrogen) atoms. The maximum Gasteiger partial charge on any atom is 0.0635 e. The Morgan fingerprint density at radius 1 is 1.57 bits per heavy atom. The Kier molecular flexibility index (Phi) is 2.76. The molecule has 3 nitrogen and oxygen atoms in total. The highest BCUT2D eigenvalue weighted by Crippen LogP contribution is 2.15. The predicted molar refractivity (Wildman–Crippen MR) is 53.4 cm³/mol. The molecule has 0 saturated carbocycles. The van der Waals surface area contributed by atoms with Gasteiger partial charge in [0.1, 0.15) is 0 Å². The van der Waals surface area contributed by atoms with Gasteiger partial charge in [-0.05, 0) is 11.6 Å². The van der Waals surface area contributed by atoms with Crippen LogP contribution in [-0.4, -0.2) is 23.0 Å². The molecule has 0 N–H and O–H groups in total. The van der Waals surface area contributed by atoms with Crippen LogP contribution in [0.1, 0.15) is 17.7 Å². The van der Waals surface area contributed by atoms with Crippen molar-refractivity contribution in [3.8, 4) is 6.07 Å². The van der Waals surface area contributed by atoms with Crippen LogP contribution in [0.15, 0.2) is 18.3 Å². The van der Waals surface area contributed by atoms with Gasteiger partial charge in [0.25, 0.3) is 0 Å². The SMILES string of the molecule is N#CCCN1CCc2ncccc2C1. The normalized spacial score (nSPS) is 15.9. The van der Waals surface area contributed by atoms with E-state index in [9.17, 15) is 0 Å². The zero-order valence-electron chi connectivity index (χ0n) is 8.11. The number of aromatic nitrogens is 1. The maximum absolute atomic E-state index is 8.50. The third kappa shape index (κ3) is 1.91. The van der Waals surface area contributed by atoms with Gasteiger partial charge in [0.05, 0.1) is 6.07 Å². The van der Waals surface area contributed by atoms with Crippen molar-refractivity contribution in [2.75, 3.05) is 13.1 Å². The van der Waals surface area contributed by atoms with Gasteiger partial charge in [-0.15, -0.1) is 0 Å². The van der Waals surface area contributed by atoms with Gasteiger partial charge >= 0.3 is 0 Å². The van der Waals surface area contributed by atoms with Crippen LogP contribution < -0.4 is 0 Å². The monoisotopic (exact) mass is 187 g/mol. The average Bonchev–Trinajstić information content (AvgIpc) is 2.26. The molecule has 3 heteroatoms. The van der Waals surface area contributed by atoms with E-state index in [-0.39, 0.29) is 0 Å². The molecule has 0 aromatic carbocycles. The maximum atomic E-state index is 8.50. The number of nitriles is 1. The predicted octanol–water partition coefficient (Wildman–Crippen LogP) is 1.35. The van der Waals surface area contributed by atoms with E-state index in [1.54, 1.807) is 0 Å². The van der Waals surface area contributed by atoms with Crippen LogP contribution in [0.3, 0.4) is 0 Å². The minimum absolute atomic E-state index is 0.621. The first-order valence-corrected chi connectivity index (χ1v) is 4.92. The summed E-state index contributed by atoms with van der Waals surface area (Å²) in [6.07, 6.45) is 3.49. The second kappa shape index (κ2) is 4.21. The summed E-state index contributed by atoms with van der Waals surface area (Å²) in [4.78, 5) is 6.66. The summed E-state index contributed by atoms with van der Waals surface area (Å²) >= 11 is 0. The summed E-state index contributed by atoms with van der Waals surface area (Å²) in [6, 6.07) is 6.29. The lowest BCUT2D eigenvalue weighted by Crippen LogP contribution is -2.31. The minimum atomic E-state index is 0.621. The van der Waals surface area contributed by atoms with E-state index >= 15 is 0 Å².